The number of benzene rings is 1. The highest BCUT2D eigenvalue weighted by atomic mass is 32.2. The van der Waals surface area contributed by atoms with Crippen LogP contribution in [-0.4, -0.2) is 23.2 Å². The van der Waals surface area contributed by atoms with Crippen LogP contribution < -0.4 is 4.57 Å². The first kappa shape index (κ1) is 19.3. The lowest BCUT2D eigenvalue weighted by molar-refractivity contribution is -0.652. The summed E-state index contributed by atoms with van der Waals surface area (Å²) in [5, 5.41) is 2.26. The Morgan fingerprint density at radius 2 is 1.83 bits per heavy atom. The highest BCUT2D eigenvalue weighted by molar-refractivity contribution is 8.03. The Labute approximate surface area is 178 Å². The Morgan fingerprint density at radius 1 is 1.07 bits per heavy atom. The molecule has 0 N–H and O–H groups in total. The van der Waals surface area contributed by atoms with Gasteiger partial charge in [0.05, 0.1) is 11.1 Å². The highest BCUT2D eigenvalue weighted by Gasteiger charge is 2.37. The van der Waals surface area contributed by atoms with E-state index < -0.39 is 0 Å². The van der Waals surface area contributed by atoms with Crippen molar-refractivity contribution in [1.29, 1.82) is 0 Å². The van der Waals surface area contributed by atoms with Gasteiger partial charge in [0.15, 0.2) is 0 Å². The van der Waals surface area contributed by atoms with Crippen LogP contribution in [0.15, 0.2) is 45.4 Å². The number of rotatable bonds is 3. The molecule has 2 heterocycles. The van der Waals surface area contributed by atoms with Crippen molar-refractivity contribution >= 4 is 28.9 Å². The molecular weight excluding hydrogens is 376 g/mol. The summed E-state index contributed by atoms with van der Waals surface area (Å²) in [7, 11) is 4.43. The molecule has 1 aliphatic heterocycles. The van der Waals surface area contributed by atoms with Crippen molar-refractivity contribution < 1.29 is 8.98 Å². The van der Waals surface area contributed by atoms with Crippen LogP contribution in [0.25, 0.3) is 17.2 Å². The van der Waals surface area contributed by atoms with Gasteiger partial charge in [0, 0.05) is 24.4 Å². The van der Waals surface area contributed by atoms with Gasteiger partial charge in [-0.25, -0.2) is 0 Å². The molecule has 0 amide bonds. The number of thioether (sulfide) groups is 1. The summed E-state index contributed by atoms with van der Waals surface area (Å²) in [4.78, 5) is 2.57. The number of aromatic nitrogens is 1. The topological polar surface area (TPSA) is 20.3 Å². The average Bonchev–Trinajstić information content (AvgIpc) is 3.25. The van der Waals surface area contributed by atoms with Gasteiger partial charge in [-0.3, -0.25) is 0 Å². The number of hydrogen-bond acceptors (Lipinski definition) is 3. The summed E-state index contributed by atoms with van der Waals surface area (Å²) in [5.74, 6) is 1.62. The van der Waals surface area contributed by atoms with Crippen LogP contribution in [0, 0.1) is 5.92 Å². The van der Waals surface area contributed by atoms with Gasteiger partial charge in [-0.15, -0.1) is 11.8 Å². The summed E-state index contributed by atoms with van der Waals surface area (Å²) in [5.41, 5.74) is 3.59. The Balaban J connectivity index is 1.53. The van der Waals surface area contributed by atoms with Gasteiger partial charge >= 0.3 is 5.89 Å². The molecule has 4 heteroatoms. The molecule has 1 aromatic carbocycles. The molecule has 1 aromatic heterocycles. The minimum Gasteiger partial charge on any atom is -0.398 e. The fourth-order valence-corrected chi connectivity index (χ4v) is 7.02. The van der Waals surface area contributed by atoms with Gasteiger partial charge < -0.3 is 9.32 Å². The smallest absolute Gasteiger partial charge is 0.374 e. The van der Waals surface area contributed by atoms with Crippen molar-refractivity contribution in [3.05, 3.63) is 46.8 Å². The Bertz CT molecular complexity index is 937. The van der Waals surface area contributed by atoms with E-state index in [-0.39, 0.29) is 0 Å². The number of para-hydroxylation sites is 2. The molecule has 3 nitrogen and oxygen atoms in total. The lowest BCUT2D eigenvalue weighted by atomic mass is 9.83. The van der Waals surface area contributed by atoms with E-state index in [4.69, 9.17) is 4.42 Å². The van der Waals surface area contributed by atoms with Crippen molar-refractivity contribution in [2.45, 2.75) is 69.1 Å². The lowest BCUT2D eigenvalue weighted by Crippen LogP contribution is -2.33. The van der Waals surface area contributed by atoms with Crippen LogP contribution in [0.3, 0.4) is 0 Å². The molecule has 0 bridgehead atoms. The first-order chi connectivity index (χ1) is 14.2. The fraction of sp³-hybridized carbons (Fsp3) is 0.560. The van der Waals surface area contributed by atoms with Gasteiger partial charge in [0.25, 0.3) is 5.52 Å². The molecular formula is C25H33N2OS+. The quantitative estimate of drug-likeness (QED) is 0.575. The largest absolute Gasteiger partial charge is 0.398 e. The van der Waals surface area contributed by atoms with E-state index in [2.05, 4.69) is 71.7 Å². The first-order valence-electron chi connectivity index (χ1n) is 11.4. The predicted molar refractivity (Wildman–Crippen MR) is 121 cm³/mol. The van der Waals surface area contributed by atoms with Gasteiger partial charge in [0.1, 0.15) is 7.05 Å². The molecule has 0 spiro atoms. The van der Waals surface area contributed by atoms with E-state index in [9.17, 15) is 0 Å². The summed E-state index contributed by atoms with van der Waals surface area (Å²) < 4.78 is 8.44. The Hall–Kier alpha value is -1.68. The molecule has 0 radical (unpaired) electrons. The molecule has 5 rings (SSSR count). The molecule has 2 aromatic rings. The van der Waals surface area contributed by atoms with Gasteiger partial charge in [-0.2, -0.15) is 4.57 Å². The summed E-state index contributed by atoms with van der Waals surface area (Å²) in [6, 6.07) is 9.07. The Kier molecular flexibility index (Phi) is 5.47. The number of nitrogens with zero attached hydrogens (tertiary/aromatic N) is 2. The maximum absolute atomic E-state index is 6.24. The number of aryl methyl sites for hydroxylation is 1. The minimum atomic E-state index is 0.654. The van der Waals surface area contributed by atoms with Gasteiger partial charge in [-0.1, -0.05) is 44.2 Å². The highest BCUT2D eigenvalue weighted by Crippen LogP contribution is 2.46. The molecule has 2 unspecified atom stereocenters. The molecule has 2 saturated carbocycles. The lowest BCUT2D eigenvalue weighted by Gasteiger charge is -2.29. The second kappa shape index (κ2) is 8.22. The van der Waals surface area contributed by atoms with Crippen molar-refractivity contribution in [3.63, 3.8) is 0 Å². The molecule has 29 heavy (non-hydrogen) atoms. The minimum absolute atomic E-state index is 0.654. The molecule has 1 saturated heterocycles. The number of allylic oxidation sites excluding steroid dienone is 2. The second-order valence-electron chi connectivity index (χ2n) is 9.05. The van der Waals surface area contributed by atoms with Crippen LogP contribution in [0.4, 0.5) is 0 Å². The number of fused-ring (bicyclic) bond motifs is 2. The zero-order chi connectivity index (χ0) is 19.8. The number of hydrogen-bond donors (Lipinski definition) is 0. The average molecular weight is 410 g/mol. The SMILES string of the molecule is CN1/C(=C\C(=C\c2oc3ccccc3[n+]2C)C2CCCCC2)SC2CCCCC21. The second-order valence-corrected chi connectivity index (χ2v) is 10.3. The van der Waals surface area contributed by atoms with Gasteiger partial charge in [0.2, 0.25) is 5.58 Å². The predicted octanol–water partition coefficient (Wildman–Crippen LogP) is 6.05. The van der Waals surface area contributed by atoms with E-state index in [1.807, 2.05) is 0 Å². The van der Waals surface area contributed by atoms with Crippen LogP contribution in [0.2, 0.25) is 0 Å². The van der Waals surface area contributed by atoms with Crippen LogP contribution in [0.5, 0.6) is 0 Å². The van der Waals surface area contributed by atoms with E-state index in [0.717, 1.165) is 28.3 Å². The van der Waals surface area contributed by atoms with E-state index in [1.165, 1.54) is 68.4 Å². The zero-order valence-electron chi connectivity index (χ0n) is 17.8. The monoisotopic (exact) mass is 409 g/mol. The van der Waals surface area contributed by atoms with Crippen molar-refractivity contribution in [1.82, 2.24) is 4.90 Å². The third-order valence-corrected chi connectivity index (χ3v) is 8.71. The summed E-state index contributed by atoms with van der Waals surface area (Å²) >= 11 is 2.12. The molecule has 3 aliphatic rings. The third kappa shape index (κ3) is 3.76. The zero-order valence-corrected chi connectivity index (χ0v) is 18.6. The van der Waals surface area contributed by atoms with Crippen molar-refractivity contribution in [2.75, 3.05) is 7.05 Å². The summed E-state index contributed by atoms with van der Waals surface area (Å²) in [6.07, 6.45) is 17.1. The van der Waals surface area contributed by atoms with Crippen LogP contribution >= 0.6 is 11.8 Å². The normalized spacial score (nSPS) is 27.7. The first-order valence-corrected chi connectivity index (χ1v) is 12.3. The standard InChI is InChI=1S/C25H33N2OS/c1-26-20-12-6-8-14-22(20)28-24(26)16-19(18-10-4-3-5-11-18)17-25-27(2)21-13-7-9-15-23(21)29-25/h6,8,12,14,16-18,21,23H,3-5,7,9-11,13,15H2,1-2H3/q+1. The Morgan fingerprint density at radius 3 is 2.62 bits per heavy atom. The molecule has 2 aliphatic carbocycles. The van der Waals surface area contributed by atoms with E-state index in [0.29, 0.717) is 5.92 Å². The van der Waals surface area contributed by atoms with Crippen molar-refractivity contribution in [2.24, 2.45) is 13.0 Å². The van der Waals surface area contributed by atoms with Crippen LogP contribution in [0.1, 0.15) is 63.7 Å². The maximum Gasteiger partial charge on any atom is 0.374 e. The molecule has 154 valence electrons. The van der Waals surface area contributed by atoms with E-state index >= 15 is 0 Å². The van der Waals surface area contributed by atoms with Crippen LogP contribution in [-0.2, 0) is 7.05 Å². The fourth-order valence-electron chi connectivity index (χ4n) is 5.44. The maximum atomic E-state index is 6.24. The third-order valence-electron chi connectivity index (χ3n) is 7.21. The number of oxazole rings is 1. The molecule has 3 fully saturated rings. The van der Waals surface area contributed by atoms with E-state index in [1.54, 1.807) is 0 Å². The summed E-state index contributed by atoms with van der Waals surface area (Å²) in [6.45, 7) is 0. The molecule has 2 atom stereocenters. The van der Waals surface area contributed by atoms with Crippen molar-refractivity contribution in [3.8, 4) is 0 Å². The van der Waals surface area contributed by atoms with Gasteiger partial charge in [-0.05, 0) is 49.3 Å².